The molecule has 0 unspecified atom stereocenters. The van der Waals surface area contributed by atoms with E-state index in [0.717, 1.165) is 5.56 Å². The van der Waals surface area contributed by atoms with Gasteiger partial charge in [0.2, 0.25) is 17.6 Å². The van der Waals surface area contributed by atoms with Gasteiger partial charge in [-0.15, -0.1) is 10.2 Å². The summed E-state index contributed by atoms with van der Waals surface area (Å²) in [5, 5.41) is 12.6. The molecule has 0 aliphatic rings. The fourth-order valence-electron chi connectivity index (χ4n) is 2.61. The number of aromatic nitrogens is 4. The van der Waals surface area contributed by atoms with Crippen LogP contribution in [0, 0.1) is 6.92 Å². The Bertz CT molecular complexity index is 1110. The van der Waals surface area contributed by atoms with Gasteiger partial charge in [0.15, 0.2) is 0 Å². The average molecular weight is 410 g/mol. The molecule has 148 valence electrons. The maximum Gasteiger partial charge on any atom is 0.277 e. The molecule has 0 aliphatic carbocycles. The van der Waals surface area contributed by atoms with E-state index in [1.807, 2.05) is 43.3 Å². The number of hydrogen-bond donors (Lipinski definition) is 0. The van der Waals surface area contributed by atoms with Gasteiger partial charge in [-0.25, -0.2) is 0 Å². The van der Waals surface area contributed by atoms with Crippen molar-refractivity contribution in [3.8, 4) is 34.3 Å². The Labute approximate surface area is 171 Å². The monoisotopic (exact) mass is 410 g/mol. The molecule has 4 aromatic rings. The van der Waals surface area contributed by atoms with Crippen LogP contribution in [0.25, 0.3) is 22.8 Å². The van der Waals surface area contributed by atoms with Gasteiger partial charge in [0.25, 0.3) is 5.22 Å². The Hall–Kier alpha value is -3.33. The number of hydrogen-bond acceptors (Lipinski definition) is 9. The molecule has 0 saturated carbocycles. The molecule has 0 saturated heterocycles. The average Bonchev–Trinajstić information content (AvgIpc) is 3.42. The molecular formula is C20H18N4O4S. The predicted octanol–water partition coefficient (Wildman–Crippen LogP) is 4.40. The van der Waals surface area contributed by atoms with Crippen molar-refractivity contribution in [3.05, 3.63) is 53.9 Å². The van der Waals surface area contributed by atoms with Crippen LogP contribution < -0.4 is 9.47 Å². The summed E-state index contributed by atoms with van der Waals surface area (Å²) >= 11 is 1.33. The molecule has 0 aliphatic heterocycles. The van der Waals surface area contributed by atoms with E-state index in [-0.39, 0.29) is 0 Å². The first kappa shape index (κ1) is 19.0. The van der Waals surface area contributed by atoms with Crippen LogP contribution in [0.15, 0.2) is 56.6 Å². The minimum Gasteiger partial charge on any atom is -0.497 e. The number of aryl methyl sites for hydroxylation is 1. The van der Waals surface area contributed by atoms with Gasteiger partial charge >= 0.3 is 0 Å². The SMILES string of the molecule is COc1ccc(-c2noc(CSc3nnc(-c4ccc(C)cc4)o3)n2)c(OC)c1. The highest BCUT2D eigenvalue weighted by molar-refractivity contribution is 7.98. The van der Waals surface area contributed by atoms with Crippen molar-refractivity contribution >= 4 is 11.8 Å². The summed E-state index contributed by atoms with van der Waals surface area (Å²) in [6.45, 7) is 2.03. The number of methoxy groups -OCH3 is 2. The lowest BCUT2D eigenvalue weighted by atomic mass is 10.1. The number of nitrogens with zero attached hydrogens (tertiary/aromatic N) is 4. The first-order chi connectivity index (χ1) is 14.2. The quantitative estimate of drug-likeness (QED) is 0.411. The predicted molar refractivity (Wildman–Crippen MR) is 107 cm³/mol. The molecule has 2 aromatic heterocycles. The molecule has 0 spiro atoms. The van der Waals surface area contributed by atoms with E-state index in [4.69, 9.17) is 18.4 Å². The van der Waals surface area contributed by atoms with E-state index in [9.17, 15) is 0 Å². The largest absolute Gasteiger partial charge is 0.497 e. The molecule has 4 rings (SSSR count). The van der Waals surface area contributed by atoms with Crippen LogP contribution in [-0.4, -0.2) is 34.6 Å². The van der Waals surface area contributed by atoms with Crippen molar-refractivity contribution in [2.75, 3.05) is 14.2 Å². The highest BCUT2D eigenvalue weighted by Crippen LogP contribution is 2.32. The van der Waals surface area contributed by atoms with Gasteiger partial charge in [0.1, 0.15) is 11.5 Å². The van der Waals surface area contributed by atoms with E-state index in [2.05, 4.69) is 20.3 Å². The molecule has 0 bridgehead atoms. The summed E-state index contributed by atoms with van der Waals surface area (Å²) in [5.41, 5.74) is 2.76. The fourth-order valence-corrected chi connectivity index (χ4v) is 3.21. The fraction of sp³-hybridized carbons (Fsp3) is 0.200. The zero-order chi connectivity index (χ0) is 20.2. The van der Waals surface area contributed by atoms with Crippen molar-refractivity contribution < 1.29 is 18.4 Å². The molecular weight excluding hydrogens is 392 g/mol. The maximum absolute atomic E-state index is 5.70. The molecule has 0 amide bonds. The summed E-state index contributed by atoms with van der Waals surface area (Å²) in [7, 11) is 3.18. The zero-order valence-corrected chi connectivity index (χ0v) is 16.9. The van der Waals surface area contributed by atoms with Gasteiger partial charge in [0, 0.05) is 11.6 Å². The lowest BCUT2D eigenvalue weighted by molar-refractivity contribution is 0.387. The standard InChI is InChI=1S/C20H18N4O4S/c1-12-4-6-13(7-5-12)19-22-23-20(27-19)29-11-17-21-18(24-28-17)15-9-8-14(25-2)10-16(15)26-3/h4-10H,11H2,1-3H3. The van der Waals surface area contributed by atoms with Crippen LogP contribution in [-0.2, 0) is 5.75 Å². The first-order valence-electron chi connectivity index (χ1n) is 8.74. The molecule has 2 heterocycles. The Balaban J connectivity index is 1.45. The van der Waals surface area contributed by atoms with Gasteiger partial charge in [-0.3, -0.25) is 0 Å². The van der Waals surface area contributed by atoms with Crippen molar-refractivity contribution in [1.82, 2.24) is 20.3 Å². The Morgan fingerprint density at radius 1 is 1.00 bits per heavy atom. The lowest BCUT2D eigenvalue weighted by Crippen LogP contribution is -1.91. The van der Waals surface area contributed by atoms with Crippen LogP contribution in [0.4, 0.5) is 0 Å². The van der Waals surface area contributed by atoms with Crippen LogP contribution in [0.3, 0.4) is 0 Å². The summed E-state index contributed by atoms with van der Waals surface area (Å²) in [6, 6.07) is 13.3. The molecule has 0 radical (unpaired) electrons. The number of benzene rings is 2. The number of ether oxygens (including phenoxy) is 2. The Morgan fingerprint density at radius 2 is 1.83 bits per heavy atom. The van der Waals surface area contributed by atoms with Crippen molar-refractivity contribution in [2.45, 2.75) is 17.9 Å². The highest BCUT2D eigenvalue weighted by Gasteiger charge is 2.16. The second kappa shape index (κ2) is 8.36. The Morgan fingerprint density at radius 3 is 2.59 bits per heavy atom. The number of thioether (sulfide) groups is 1. The zero-order valence-electron chi connectivity index (χ0n) is 16.1. The van der Waals surface area contributed by atoms with Gasteiger partial charge in [-0.1, -0.05) is 34.6 Å². The second-order valence-electron chi connectivity index (χ2n) is 6.11. The number of rotatable bonds is 7. The molecule has 0 N–H and O–H groups in total. The topological polar surface area (TPSA) is 96.3 Å². The third-order valence-electron chi connectivity index (χ3n) is 4.14. The Kier molecular flexibility index (Phi) is 5.48. The smallest absolute Gasteiger partial charge is 0.277 e. The van der Waals surface area contributed by atoms with Crippen molar-refractivity contribution in [3.63, 3.8) is 0 Å². The van der Waals surface area contributed by atoms with E-state index >= 15 is 0 Å². The van der Waals surface area contributed by atoms with E-state index in [0.29, 0.717) is 45.6 Å². The minimum atomic E-state index is 0.404. The van der Waals surface area contributed by atoms with Crippen LogP contribution in [0.1, 0.15) is 11.5 Å². The molecule has 0 atom stereocenters. The van der Waals surface area contributed by atoms with Gasteiger partial charge in [-0.2, -0.15) is 4.98 Å². The summed E-state index contributed by atoms with van der Waals surface area (Å²) in [4.78, 5) is 4.43. The summed E-state index contributed by atoms with van der Waals surface area (Å²) in [6.07, 6.45) is 0. The summed E-state index contributed by atoms with van der Waals surface area (Å²) in [5.74, 6) is 3.04. The second-order valence-corrected chi connectivity index (χ2v) is 7.03. The van der Waals surface area contributed by atoms with E-state index < -0.39 is 0 Å². The van der Waals surface area contributed by atoms with Gasteiger partial charge in [-0.05, 0) is 31.2 Å². The van der Waals surface area contributed by atoms with Crippen molar-refractivity contribution in [2.24, 2.45) is 0 Å². The summed E-state index contributed by atoms with van der Waals surface area (Å²) < 4.78 is 21.6. The lowest BCUT2D eigenvalue weighted by Gasteiger charge is -2.07. The molecule has 9 heteroatoms. The molecule has 2 aromatic carbocycles. The van der Waals surface area contributed by atoms with Crippen LogP contribution >= 0.6 is 11.8 Å². The minimum absolute atomic E-state index is 0.404. The third kappa shape index (κ3) is 4.24. The van der Waals surface area contributed by atoms with Crippen LogP contribution in [0.2, 0.25) is 0 Å². The molecule has 0 fully saturated rings. The molecule has 29 heavy (non-hydrogen) atoms. The van der Waals surface area contributed by atoms with Gasteiger partial charge < -0.3 is 18.4 Å². The maximum atomic E-state index is 5.70. The van der Waals surface area contributed by atoms with Gasteiger partial charge in [0.05, 0.1) is 25.5 Å². The van der Waals surface area contributed by atoms with Crippen molar-refractivity contribution in [1.29, 1.82) is 0 Å². The first-order valence-corrected chi connectivity index (χ1v) is 9.73. The van der Waals surface area contributed by atoms with Crippen LogP contribution in [0.5, 0.6) is 11.5 Å². The normalized spacial score (nSPS) is 10.9. The van der Waals surface area contributed by atoms with E-state index in [1.54, 1.807) is 20.3 Å². The highest BCUT2D eigenvalue weighted by atomic mass is 32.2. The third-order valence-corrected chi connectivity index (χ3v) is 4.95. The van der Waals surface area contributed by atoms with E-state index in [1.165, 1.54) is 17.3 Å². The molecule has 8 nitrogen and oxygen atoms in total.